The molecule has 0 rings (SSSR count). The molecule has 0 aliphatic heterocycles. The Bertz CT molecular complexity index is 174. The van der Waals surface area contributed by atoms with E-state index in [1.165, 1.54) is 12.4 Å². The minimum Gasteiger partial charge on any atom is -0.250 e. The lowest BCUT2D eigenvalue weighted by Crippen LogP contribution is -2.14. The monoisotopic (exact) mass is 118 g/mol. The summed E-state index contributed by atoms with van der Waals surface area (Å²) in [7, 11) is -2.29. The number of rotatable bonds is 1. The summed E-state index contributed by atoms with van der Waals surface area (Å²) in [5.41, 5.74) is 0. The zero-order chi connectivity index (χ0) is 5.91. The molecular weight excluding hydrogens is 112 g/mol. The van der Waals surface area contributed by atoms with Gasteiger partial charge in [-0.25, -0.2) is 8.93 Å². The van der Waals surface area contributed by atoms with Crippen molar-refractivity contribution in [2.24, 2.45) is 0 Å². The Balaban J connectivity index is 3.92. The van der Waals surface area contributed by atoms with E-state index in [1.54, 1.807) is 0 Å². The summed E-state index contributed by atoms with van der Waals surface area (Å²) in [5.74, 6) is 3.15. The van der Waals surface area contributed by atoms with Crippen molar-refractivity contribution >= 4 is 15.6 Å². The zero-order valence-electron chi connectivity index (χ0n) is 3.97. The van der Waals surface area contributed by atoms with Crippen LogP contribution in [0.2, 0.25) is 0 Å². The van der Waals surface area contributed by atoms with E-state index in [0.717, 1.165) is 0 Å². The predicted octanol–water partition coefficient (Wildman–Crippen LogP) is -0.682. The molecule has 40 valence electrons. The number of hydrogen-bond donors (Lipinski definition) is 1. The first-order chi connectivity index (χ1) is 3.06. The molecule has 0 aromatic rings. The van der Waals surface area contributed by atoms with Crippen molar-refractivity contribution in [3.8, 4) is 6.19 Å². The quantitative estimate of drug-likeness (QED) is 0.282. The number of nitriles is 1. The largest absolute Gasteiger partial charge is 0.250 e. The SMILES string of the molecule is C=S(C)(=O)NC#N. The first kappa shape index (κ1) is 6.31. The molecule has 0 aliphatic carbocycles. The van der Waals surface area contributed by atoms with Gasteiger partial charge in [0.05, 0.1) is 9.71 Å². The normalized spacial score (nSPS) is 16.6. The van der Waals surface area contributed by atoms with Crippen LogP contribution >= 0.6 is 0 Å². The molecule has 0 spiro atoms. The van der Waals surface area contributed by atoms with Crippen molar-refractivity contribution < 1.29 is 4.21 Å². The maximum atomic E-state index is 10.3. The molecule has 4 heteroatoms. The van der Waals surface area contributed by atoms with Gasteiger partial charge < -0.3 is 0 Å². The second-order valence-electron chi connectivity index (χ2n) is 1.22. The molecule has 0 amide bonds. The van der Waals surface area contributed by atoms with Gasteiger partial charge in [-0.05, 0) is 5.87 Å². The lowest BCUT2D eigenvalue weighted by molar-refractivity contribution is 0.682. The van der Waals surface area contributed by atoms with E-state index in [0.29, 0.717) is 0 Å². The van der Waals surface area contributed by atoms with Gasteiger partial charge in [0.2, 0.25) is 0 Å². The van der Waals surface area contributed by atoms with Gasteiger partial charge in [0, 0.05) is 6.26 Å². The van der Waals surface area contributed by atoms with Crippen LogP contribution < -0.4 is 4.72 Å². The van der Waals surface area contributed by atoms with Crippen LogP contribution in [0, 0.1) is 11.5 Å². The fourth-order valence-corrected chi connectivity index (χ4v) is 0.290. The summed E-state index contributed by atoms with van der Waals surface area (Å²) in [5, 5.41) is 7.82. The Kier molecular flexibility index (Phi) is 1.66. The third-order valence-electron chi connectivity index (χ3n) is 0.262. The lowest BCUT2D eigenvalue weighted by atomic mass is 11.5. The van der Waals surface area contributed by atoms with Crippen LogP contribution in [-0.2, 0) is 9.71 Å². The Morgan fingerprint density at radius 1 is 2.00 bits per heavy atom. The predicted molar refractivity (Wildman–Crippen MR) is 29.9 cm³/mol. The molecule has 0 fully saturated rings. The summed E-state index contributed by atoms with van der Waals surface area (Å²) >= 11 is 0. The van der Waals surface area contributed by atoms with Crippen molar-refractivity contribution in [3.05, 3.63) is 0 Å². The number of hydrogen-bond acceptors (Lipinski definition) is 2. The van der Waals surface area contributed by atoms with Gasteiger partial charge in [-0.3, -0.25) is 0 Å². The Morgan fingerprint density at radius 2 is 2.43 bits per heavy atom. The number of nitrogens with one attached hydrogen (secondary N) is 1. The van der Waals surface area contributed by atoms with Crippen molar-refractivity contribution in [1.82, 2.24) is 4.72 Å². The van der Waals surface area contributed by atoms with Crippen LogP contribution in [0.1, 0.15) is 0 Å². The molecular formula is C3H6N2OS. The average molecular weight is 118 g/mol. The van der Waals surface area contributed by atoms with Gasteiger partial charge in [-0.15, -0.1) is 0 Å². The third-order valence-corrected chi connectivity index (χ3v) is 0.785. The van der Waals surface area contributed by atoms with Crippen LogP contribution in [0.4, 0.5) is 0 Å². The molecule has 3 nitrogen and oxygen atoms in total. The highest BCUT2D eigenvalue weighted by atomic mass is 32.2. The highest BCUT2D eigenvalue weighted by molar-refractivity contribution is 7.97. The smallest absolute Gasteiger partial charge is 0.188 e. The first-order valence-corrected chi connectivity index (χ1v) is 3.68. The molecule has 0 aromatic heterocycles. The third kappa shape index (κ3) is 5.31. The zero-order valence-corrected chi connectivity index (χ0v) is 4.79. The molecule has 0 aliphatic rings. The minimum absolute atomic E-state index is 1.36. The van der Waals surface area contributed by atoms with Crippen molar-refractivity contribution in [3.63, 3.8) is 0 Å². The van der Waals surface area contributed by atoms with Crippen LogP contribution in [0.5, 0.6) is 0 Å². The minimum atomic E-state index is -2.29. The van der Waals surface area contributed by atoms with Gasteiger partial charge in [-0.2, -0.15) is 5.26 Å². The molecule has 1 N–H and O–H groups in total. The molecule has 1 unspecified atom stereocenters. The van der Waals surface area contributed by atoms with Crippen LogP contribution in [0.25, 0.3) is 0 Å². The highest BCUT2D eigenvalue weighted by Crippen LogP contribution is 1.65. The van der Waals surface area contributed by atoms with Crippen molar-refractivity contribution in [1.29, 1.82) is 5.26 Å². The van der Waals surface area contributed by atoms with Crippen LogP contribution in [0.15, 0.2) is 0 Å². The van der Waals surface area contributed by atoms with E-state index < -0.39 is 9.71 Å². The van der Waals surface area contributed by atoms with Gasteiger partial charge in [0.15, 0.2) is 6.19 Å². The lowest BCUT2D eigenvalue weighted by Gasteiger charge is -1.91. The molecule has 0 radical (unpaired) electrons. The van der Waals surface area contributed by atoms with Gasteiger partial charge in [-0.1, -0.05) is 0 Å². The molecule has 0 saturated carbocycles. The maximum Gasteiger partial charge on any atom is 0.188 e. The standard InChI is InChI=1S/C3H6N2OS/c1-7(2,6)5-3-4/h1H2,2H3,(H,5,6). The Labute approximate surface area is 43.1 Å². The van der Waals surface area contributed by atoms with Gasteiger partial charge in [0.25, 0.3) is 0 Å². The second kappa shape index (κ2) is 1.85. The molecule has 0 saturated heterocycles. The second-order valence-corrected chi connectivity index (χ2v) is 3.43. The topological polar surface area (TPSA) is 52.9 Å². The summed E-state index contributed by atoms with van der Waals surface area (Å²) in [6.07, 6.45) is 2.88. The van der Waals surface area contributed by atoms with Gasteiger partial charge >= 0.3 is 0 Å². The Morgan fingerprint density at radius 3 is 2.43 bits per heavy atom. The van der Waals surface area contributed by atoms with E-state index in [4.69, 9.17) is 5.26 Å². The van der Waals surface area contributed by atoms with E-state index in [-0.39, 0.29) is 0 Å². The summed E-state index contributed by atoms with van der Waals surface area (Å²) in [6, 6.07) is 0. The average Bonchev–Trinajstić information content (AvgIpc) is 1.30. The summed E-state index contributed by atoms with van der Waals surface area (Å²) < 4.78 is 12.3. The van der Waals surface area contributed by atoms with Crippen molar-refractivity contribution in [2.75, 3.05) is 6.26 Å². The molecule has 0 heterocycles. The first-order valence-electron chi connectivity index (χ1n) is 1.54. The summed E-state index contributed by atoms with van der Waals surface area (Å²) in [6.45, 7) is 0. The Hall–Kier alpha value is -0.690. The van der Waals surface area contributed by atoms with E-state index >= 15 is 0 Å². The fraction of sp³-hybridized carbons (Fsp3) is 0.333. The molecule has 1 atom stereocenters. The highest BCUT2D eigenvalue weighted by Gasteiger charge is 1.83. The molecule has 0 aromatic carbocycles. The number of nitrogens with zero attached hydrogens (tertiary/aromatic N) is 1. The molecule has 7 heavy (non-hydrogen) atoms. The summed E-state index contributed by atoms with van der Waals surface area (Å²) in [4.78, 5) is 0. The van der Waals surface area contributed by atoms with E-state index in [1.807, 2.05) is 4.72 Å². The van der Waals surface area contributed by atoms with Gasteiger partial charge in [0.1, 0.15) is 0 Å². The van der Waals surface area contributed by atoms with Crippen LogP contribution in [-0.4, -0.2) is 16.3 Å². The molecule has 0 bridgehead atoms. The van der Waals surface area contributed by atoms with Crippen molar-refractivity contribution in [2.45, 2.75) is 0 Å². The fourth-order valence-electron chi connectivity index (χ4n) is 0.0966. The maximum absolute atomic E-state index is 10.3. The van der Waals surface area contributed by atoms with E-state index in [2.05, 4.69) is 5.87 Å². The van der Waals surface area contributed by atoms with Crippen LogP contribution in [0.3, 0.4) is 0 Å². The van der Waals surface area contributed by atoms with E-state index in [9.17, 15) is 4.21 Å².